The van der Waals surface area contributed by atoms with E-state index in [4.69, 9.17) is 13.9 Å². The van der Waals surface area contributed by atoms with E-state index in [1.807, 2.05) is 0 Å². The van der Waals surface area contributed by atoms with Crippen molar-refractivity contribution < 1.29 is 23.5 Å². The molecule has 0 unspecified atom stereocenters. The van der Waals surface area contributed by atoms with Gasteiger partial charge in [-0.2, -0.15) is 0 Å². The highest BCUT2D eigenvalue weighted by molar-refractivity contribution is 6.77. The minimum atomic E-state index is -2.15. The number of alkyl carbamates (subject to hydrolysis) is 1. The van der Waals surface area contributed by atoms with Crippen molar-refractivity contribution in [3.63, 3.8) is 0 Å². The molecule has 0 rings (SSSR count). The second-order valence-corrected chi connectivity index (χ2v) is 13.8. The number of hydrogen-bond acceptors (Lipinski definition) is 5. The topological polar surface area (TPSA) is 73.9 Å². The van der Waals surface area contributed by atoms with E-state index in [9.17, 15) is 9.59 Å². The number of nitrogens with one attached hydrogen (secondary N) is 1. The van der Waals surface area contributed by atoms with E-state index in [-0.39, 0.29) is 6.61 Å². The highest BCUT2D eigenvalue weighted by Crippen LogP contribution is 2.42. The molecule has 0 aliphatic rings. The molecule has 0 aliphatic heterocycles. The van der Waals surface area contributed by atoms with Gasteiger partial charge in [-0.3, -0.25) is 0 Å². The summed E-state index contributed by atoms with van der Waals surface area (Å²) < 4.78 is 16.4. The van der Waals surface area contributed by atoms with Gasteiger partial charge in [-0.25, -0.2) is 9.59 Å². The molecule has 0 saturated carbocycles. The largest absolute Gasteiger partial charge is 0.467 e. The number of esters is 1. The lowest BCUT2D eigenvalue weighted by Crippen LogP contribution is -2.53. The highest BCUT2D eigenvalue weighted by atomic mass is 28.4. The van der Waals surface area contributed by atoms with E-state index in [1.54, 1.807) is 20.8 Å². The first kappa shape index (κ1) is 23.9. The van der Waals surface area contributed by atoms with E-state index < -0.39 is 32.0 Å². The fourth-order valence-electron chi connectivity index (χ4n) is 3.49. The molecule has 0 fully saturated rings. The monoisotopic (exact) mass is 375 g/mol. The first-order valence-corrected chi connectivity index (χ1v) is 11.1. The Kier molecular flexibility index (Phi) is 9.15. The smallest absolute Gasteiger partial charge is 0.408 e. The Balaban J connectivity index is 5.26. The Morgan fingerprint density at radius 3 is 1.72 bits per heavy atom. The van der Waals surface area contributed by atoms with Crippen LogP contribution in [-0.4, -0.2) is 45.7 Å². The minimum absolute atomic E-state index is 0.0900. The van der Waals surface area contributed by atoms with Crippen LogP contribution in [0.3, 0.4) is 0 Å². The molecule has 0 aromatic rings. The molecule has 1 N–H and O–H groups in total. The number of amides is 1. The number of methoxy groups -OCH3 is 1. The van der Waals surface area contributed by atoms with Gasteiger partial charge in [0, 0.05) is 0 Å². The molecule has 7 heteroatoms. The van der Waals surface area contributed by atoms with Crippen molar-refractivity contribution in [3.8, 4) is 0 Å². The fourth-order valence-corrected chi connectivity index (χ4v) is 8.94. The predicted molar refractivity (Wildman–Crippen MR) is 102 cm³/mol. The lowest BCUT2D eigenvalue weighted by atomic mass is 10.2. The molecule has 148 valence electrons. The van der Waals surface area contributed by atoms with Gasteiger partial charge < -0.3 is 19.2 Å². The van der Waals surface area contributed by atoms with Crippen LogP contribution in [0.25, 0.3) is 0 Å². The maximum atomic E-state index is 12.1. The molecular formula is C18H37NO5Si. The van der Waals surface area contributed by atoms with Crippen LogP contribution in [0, 0.1) is 0 Å². The van der Waals surface area contributed by atoms with Gasteiger partial charge in [0.25, 0.3) is 0 Å². The van der Waals surface area contributed by atoms with Crippen LogP contribution < -0.4 is 5.32 Å². The van der Waals surface area contributed by atoms with Gasteiger partial charge in [0.05, 0.1) is 13.7 Å². The molecule has 0 saturated heterocycles. The quantitative estimate of drug-likeness (QED) is 0.507. The van der Waals surface area contributed by atoms with Crippen molar-refractivity contribution >= 4 is 20.4 Å². The standard InChI is InChI=1S/C18H37NO5Si/c1-12(2)25(13(3)4,14(5)6)23-11-15(16(20)22-10)19-17(21)24-18(7,8)9/h12-15H,11H2,1-10H3,(H,19,21)/t15-/m0/s1. The number of hydrogen-bond donors (Lipinski definition) is 1. The number of ether oxygens (including phenoxy) is 2. The molecule has 6 nitrogen and oxygen atoms in total. The van der Waals surface area contributed by atoms with Crippen LogP contribution >= 0.6 is 0 Å². The third kappa shape index (κ3) is 6.97. The fraction of sp³-hybridized carbons (Fsp3) is 0.889. The average molecular weight is 376 g/mol. The van der Waals surface area contributed by atoms with Crippen molar-refractivity contribution in [2.45, 2.75) is 90.6 Å². The summed E-state index contributed by atoms with van der Waals surface area (Å²) in [6.07, 6.45) is -0.655. The molecule has 0 heterocycles. The maximum absolute atomic E-state index is 12.1. The Morgan fingerprint density at radius 1 is 0.960 bits per heavy atom. The summed E-state index contributed by atoms with van der Waals surface area (Å²) in [5.74, 6) is -0.537. The summed E-state index contributed by atoms with van der Waals surface area (Å²) in [5, 5.41) is 2.58. The van der Waals surface area contributed by atoms with Gasteiger partial charge in [0.1, 0.15) is 5.60 Å². The number of carbonyl (C=O) groups is 2. The SMILES string of the molecule is COC(=O)[C@H](CO[Si](C(C)C)(C(C)C)C(C)C)NC(=O)OC(C)(C)C. The summed E-state index contributed by atoms with van der Waals surface area (Å²) in [6, 6.07) is -0.886. The van der Waals surface area contributed by atoms with Gasteiger partial charge in [-0.15, -0.1) is 0 Å². The van der Waals surface area contributed by atoms with Crippen LogP contribution in [-0.2, 0) is 18.7 Å². The number of carbonyl (C=O) groups excluding carboxylic acids is 2. The van der Waals surface area contributed by atoms with E-state index in [0.29, 0.717) is 16.6 Å². The summed E-state index contributed by atoms with van der Waals surface area (Å²) in [6.45, 7) is 18.4. The van der Waals surface area contributed by atoms with Gasteiger partial charge in [0.2, 0.25) is 0 Å². The van der Waals surface area contributed by atoms with Gasteiger partial charge >= 0.3 is 12.1 Å². The van der Waals surface area contributed by atoms with Crippen molar-refractivity contribution in [1.82, 2.24) is 5.32 Å². The van der Waals surface area contributed by atoms with E-state index in [1.165, 1.54) is 7.11 Å². The second kappa shape index (κ2) is 9.57. The third-order valence-corrected chi connectivity index (χ3v) is 10.5. The zero-order valence-electron chi connectivity index (χ0n) is 17.6. The zero-order chi connectivity index (χ0) is 20.0. The Hall–Kier alpha value is -1.08. The highest BCUT2D eigenvalue weighted by Gasteiger charge is 2.46. The summed E-state index contributed by atoms with van der Waals surface area (Å²) in [7, 11) is -0.851. The molecule has 0 spiro atoms. The van der Waals surface area contributed by atoms with Crippen LogP contribution in [0.4, 0.5) is 4.79 Å². The van der Waals surface area contributed by atoms with Crippen LogP contribution in [0.1, 0.15) is 62.3 Å². The van der Waals surface area contributed by atoms with Gasteiger partial charge in [-0.05, 0) is 37.4 Å². The van der Waals surface area contributed by atoms with E-state index in [0.717, 1.165) is 0 Å². The van der Waals surface area contributed by atoms with Crippen molar-refractivity contribution in [1.29, 1.82) is 0 Å². The molecule has 0 aliphatic carbocycles. The summed E-state index contributed by atoms with van der Waals surface area (Å²) in [4.78, 5) is 24.1. The number of rotatable bonds is 8. The molecule has 1 amide bonds. The average Bonchev–Trinajstić information content (AvgIpc) is 2.42. The third-order valence-electron chi connectivity index (χ3n) is 4.38. The second-order valence-electron chi connectivity index (χ2n) is 8.35. The van der Waals surface area contributed by atoms with Crippen LogP contribution in [0.2, 0.25) is 16.6 Å². The molecule has 0 aromatic heterocycles. The lowest BCUT2D eigenvalue weighted by molar-refractivity contribution is -0.144. The zero-order valence-corrected chi connectivity index (χ0v) is 18.6. The Labute approximate surface area is 154 Å². The lowest BCUT2D eigenvalue weighted by Gasteiger charge is -2.42. The molecule has 0 bridgehead atoms. The predicted octanol–water partition coefficient (Wildman–Crippen LogP) is 4.24. The Bertz CT molecular complexity index is 421. The summed E-state index contributed by atoms with van der Waals surface area (Å²) in [5.41, 5.74) is 0.504. The van der Waals surface area contributed by atoms with E-state index in [2.05, 4.69) is 46.9 Å². The first-order valence-electron chi connectivity index (χ1n) is 8.99. The van der Waals surface area contributed by atoms with Crippen molar-refractivity contribution in [3.05, 3.63) is 0 Å². The molecule has 1 atom stereocenters. The van der Waals surface area contributed by atoms with Crippen LogP contribution in [0.15, 0.2) is 0 Å². The van der Waals surface area contributed by atoms with E-state index >= 15 is 0 Å². The normalized spacial score (nSPS) is 14.0. The van der Waals surface area contributed by atoms with Gasteiger partial charge in [-0.1, -0.05) is 41.5 Å². The summed E-state index contributed by atoms with van der Waals surface area (Å²) >= 11 is 0. The molecule has 25 heavy (non-hydrogen) atoms. The molecule has 0 aromatic carbocycles. The van der Waals surface area contributed by atoms with Crippen LogP contribution in [0.5, 0.6) is 0 Å². The molecular weight excluding hydrogens is 338 g/mol. The maximum Gasteiger partial charge on any atom is 0.408 e. The minimum Gasteiger partial charge on any atom is -0.467 e. The van der Waals surface area contributed by atoms with Crippen molar-refractivity contribution in [2.24, 2.45) is 0 Å². The Morgan fingerprint density at radius 2 is 1.40 bits per heavy atom. The molecule has 0 radical (unpaired) electrons. The first-order chi connectivity index (χ1) is 11.3. The van der Waals surface area contributed by atoms with Crippen molar-refractivity contribution in [2.75, 3.05) is 13.7 Å². The van der Waals surface area contributed by atoms with Gasteiger partial charge in [0.15, 0.2) is 14.4 Å².